The Balaban J connectivity index is 0.00000192. The number of piperidine rings is 1. The van der Waals surface area contributed by atoms with Crippen LogP contribution < -0.4 is 0 Å². The third-order valence-electron chi connectivity index (χ3n) is 4.90. The van der Waals surface area contributed by atoms with Gasteiger partial charge in [0.25, 0.3) is 0 Å². The third kappa shape index (κ3) is 3.96. The van der Waals surface area contributed by atoms with Crippen LogP contribution in [-0.4, -0.2) is 43.4 Å². The number of imidazole rings is 1. The maximum Gasteiger partial charge on any atom is 0.0951 e. The molecule has 0 aliphatic carbocycles. The smallest absolute Gasteiger partial charge is 0.0951 e. The fourth-order valence-corrected chi connectivity index (χ4v) is 3.41. The van der Waals surface area contributed by atoms with Crippen LogP contribution in [0.2, 0.25) is 0 Å². The van der Waals surface area contributed by atoms with Crippen LogP contribution in [0.3, 0.4) is 0 Å². The first-order valence-electron chi connectivity index (χ1n) is 8.29. The molecule has 1 unspecified atom stereocenters. The number of hydrogen-bond donors (Lipinski definition) is 0. The van der Waals surface area contributed by atoms with E-state index in [2.05, 4.69) is 46.5 Å². The predicted molar refractivity (Wildman–Crippen MR) is 95.8 cm³/mol. The summed E-state index contributed by atoms with van der Waals surface area (Å²) in [5, 5.41) is 4.45. The molecule has 6 heteroatoms. The van der Waals surface area contributed by atoms with E-state index in [0.29, 0.717) is 6.04 Å². The summed E-state index contributed by atoms with van der Waals surface area (Å²) in [5.41, 5.74) is 3.41. The van der Waals surface area contributed by atoms with Gasteiger partial charge in [0.1, 0.15) is 0 Å². The van der Waals surface area contributed by atoms with Gasteiger partial charge in [-0.15, -0.1) is 12.4 Å². The fraction of sp³-hybridized carbons (Fsp3) is 0.647. The molecule has 2 aromatic heterocycles. The Kier molecular flexibility index (Phi) is 5.87. The lowest BCUT2D eigenvalue weighted by Gasteiger charge is -2.35. The standard InChI is InChI=1S/C17H27N5.ClH/c1-13-5-7-21(8-6-13)14(2)10-22-12-18-9-17(22)16-11-20(4)19-15(16)3;/h9,11-14H,5-8,10H2,1-4H3;1H. The van der Waals surface area contributed by atoms with Crippen LogP contribution in [0.15, 0.2) is 18.7 Å². The summed E-state index contributed by atoms with van der Waals surface area (Å²) >= 11 is 0. The van der Waals surface area contributed by atoms with Gasteiger partial charge < -0.3 is 4.57 Å². The molecule has 0 spiro atoms. The van der Waals surface area contributed by atoms with E-state index in [0.717, 1.165) is 18.2 Å². The van der Waals surface area contributed by atoms with E-state index < -0.39 is 0 Å². The Morgan fingerprint density at radius 2 is 2.00 bits per heavy atom. The SMILES string of the molecule is Cc1nn(C)cc1-c1cncn1CC(C)N1CCC(C)CC1.Cl. The summed E-state index contributed by atoms with van der Waals surface area (Å²) in [7, 11) is 1.97. The van der Waals surface area contributed by atoms with E-state index in [1.165, 1.54) is 37.2 Å². The van der Waals surface area contributed by atoms with Gasteiger partial charge in [-0.1, -0.05) is 6.92 Å². The number of aromatic nitrogens is 4. The molecule has 1 saturated heterocycles. The minimum Gasteiger partial charge on any atom is -0.329 e. The lowest BCUT2D eigenvalue weighted by molar-refractivity contribution is 0.135. The molecule has 0 amide bonds. The van der Waals surface area contributed by atoms with Gasteiger partial charge in [0.15, 0.2) is 0 Å². The van der Waals surface area contributed by atoms with Gasteiger partial charge in [0.05, 0.1) is 23.9 Å². The highest BCUT2D eigenvalue weighted by Gasteiger charge is 2.21. The minimum atomic E-state index is 0. The molecule has 0 radical (unpaired) electrons. The Morgan fingerprint density at radius 3 is 2.61 bits per heavy atom. The van der Waals surface area contributed by atoms with E-state index in [4.69, 9.17) is 0 Å². The van der Waals surface area contributed by atoms with Crippen LogP contribution in [0.5, 0.6) is 0 Å². The lowest BCUT2D eigenvalue weighted by Crippen LogP contribution is -2.41. The summed E-state index contributed by atoms with van der Waals surface area (Å²) < 4.78 is 4.14. The zero-order valence-corrected chi connectivity index (χ0v) is 15.4. The first kappa shape index (κ1) is 18.0. The van der Waals surface area contributed by atoms with Gasteiger partial charge in [-0.3, -0.25) is 9.58 Å². The van der Waals surface area contributed by atoms with Gasteiger partial charge in [-0.2, -0.15) is 5.10 Å². The van der Waals surface area contributed by atoms with E-state index in [1.807, 2.05) is 24.3 Å². The van der Waals surface area contributed by atoms with E-state index in [-0.39, 0.29) is 12.4 Å². The lowest BCUT2D eigenvalue weighted by atomic mass is 9.98. The third-order valence-corrected chi connectivity index (χ3v) is 4.90. The number of aryl methyl sites for hydroxylation is 2. The summed E-state index contributed by atoms with van der Waals surface area (Å²) in [4.78, 5) is 6.98. The van der Waals surface area contributed by atoms with Crippen LogP contribution in [0.4, 0.5) is 0 Å². The molecule has 1 aliphatic heterocycles. The molecular formula is C17H28ClN5. The van der Waals surface area contributed by atoms with Crippen molar-refractivity contribution in [1.29, 1.82) is 0 Å². The molecule has 0 N–H and O–H groups in total. The molecule has 5 nitrogen and oxygen atoms in total. The number of hydrogen-bond acceptors (Lipinski definition) is 3. The summed E-state index contributed by atoms with van der Waals surface area (Å²) in [6, 6.07) is 0.539. The normalized spacial score (nSPS) is 17.9. The molecule has 0 aromatic carbocycles. The van der Waals surface area contributed by atoms with Crippen molar-refractivity contribution in [1.82, 2.24) is 24.2 Å². The fourth-order valence-electron chi connectivity index (χ4n) is 3.41. The zero-order valence-electron chi connectivity index (χ0n) is 14.6. The van der Waals surface area contributed by atoms with Crippen LogP contribution in [0.25, 0.3) is 11.3 Å². The van der Waals surface area contributed by atoms with Crippen molar-refractivity contribution >= 4 is 12.4 Å². The number of likely N-dealkylation sites (tertiary alicyclic amines) is 1. The second-order valence-electron chi connectivity index (χ2n) is 6.80. The van der Waals surface area contributed by atoms with Crippen molar-refractivity contribution in [2.75, 3.05) is 13.1 Å². The number of halogens is 1. The molecule has 0 saturated carbocycles. The highest BCUT2D eigenvalue weighted by molar-refractivity contribution is 5.85. The van der Waals surface area contributed by atoms with Crippen molar-refractivity contribution < 1.29 is 0 Å². The Hall–Kier alpha value is -1.33. The van der Waals surface area contributed by atoms with Gasteiger partial charge in [-0.25, -0.2) is 4.98 Å². The zero-order chi connectivity index (χ0) is 15.7. The van der Waals surface area contributed by atoms with Gasteiger partial charge in [-0.05, 0) is 45.7 Å². The van der Waals surface area contributed by atoms with E-state index in [9.17, 15) is 0 Å². The topological polar surface area (TPSA) is 38.9 Å². The average molecular weight is 338 g/mol. The maximum absolute atomic E-state index is 4.45. The molecule has 128 valence electrons. The first-order valence-corrected chi connectivity index (χ1v) is 8.29. The van der Waals surface area contributed by atoms with Gasteiger partial charge in [0, 0.05) is 31.4 Å². The van der Waals surface area contributed by atoms with Gasteiger partial charge in [0.2, 0.25) is 0 Å². The molecule has 1 atom stereocenters. The van der Waals surface area contributed by atoms with Crippen molar-refractivity contribution in [3.63, 3.8) is 0 Å². The van der Waals surface area contributed by atoms with Crippen molar-refractivity contribution in [2.24, 2.45) is 13.0 Å². The second-order valence-corrected chi connectivity index (χ2v) is 6.80. The Morgan fingerprint density at radius 1 is 1.30 bits per heavy atom. The molecule has 2 aromatic rings. The molecule has 1 fully saturated rings. The van der Waals surface area contributed by atoms with Crippen LogP contribution in [-0.2, 0) is 13.6 Å². The molecule has 0 bridgehead atoms. The first-order chi connectivity index (χ1) is 10.5. The number of nitrogens with zero attached hydrogens (tertiary/aromatic N) is 5. The summed E-state index contributed by atoms with van der Waals surface area (Å²) in [6.45, 7) is 10.2. The summed E-state index contributed by atoms with van der Waals surface area (Å²) in [6.07, 6.45) is 8.63. The van der Waals surface area contributed by atoms with E-state index in [1.54, 1.807) is 0 Å². The van der Waals surface area contributed by atoms with Crippen molar-refractivity contribution in [3.05, 3.63) is 24.4 Å². The monoisotopic (exact) mass is 337 g/mol. The van der Waals surface area contributed by atoms with Crippen LogP contribution in [0.1, 0.15) is 32.4 Å². The minimum absolute atomic E-state index is 0. The highest BCUT2D eigenvalue weighted by Crippen LogP contribution is 2.24. The van der Waals surface area contributed by atoms with Gasteiger partial charge >= 0.3 is 0 Å². The maximum atomic E-state index is 4.45. The second kappa shape index (κ2) is 7.49. The van der Waals surface area contributed by atoms with Crippen LogP contribution in [0, 0.1) is 12.8 Å². The largest absolute Gasteiger partial charge is 0.329 e. The molecule has 23 heavy (non-hydrogen) atoms. The van der Waals surface area contributed by atoms with E-state index >= 15 is 0 Å². The molecule has 3 rings (SSSR count). The Bertz CT molecular complexity index is 625. The predicted octanol–water partition coefficient (Wildman–Crippen LogP) is 3.13. The molecule has 1 aliphatic rings. The van der Waals surface area contributed by atoms with Crippen molar-refractivity contribution in [3.8, 4) is 11.3 Å². The molecular weight excluding hydrogens is 310 g/mol. The highest BCUT2D eigenvalue weighted by atomic mass is 35.5. The quantitative estimate of drug-likeness (QED) is 0.860. The molecule has 3 heterocycles. The number of rotatable bonds is 4. The Labute approximate surface area is 145 Å². The van der Waals surface area contributed by atoms with Crippen LogP contribution >= 0.6 is 12.4 Å². The summed E-state index contributed by atoms with van der Waals surface area (Å²) in [5.74, 6) is 0.880. The van der Waals surface area contributed by atoms with Crippen molar-refractivity contribution in [2.45, 2.75) is 46.2 Å². The average Bonchev–Trinajstić information content (AvgIpc) is 3.05.